The molecule has 0 heterocycles. The van der Waals surface area contributed by atoms with E-state index in [1.165, 1.54) is 0 Å². The topological polar surface area (TPSA) is 105 Å². The fourth-order valence-electron chi connectivity index (χ4n) is 6.10. The zero-order chi connectivity index (χ0) is 36.0. The molecule has 2 atom stereocenters. The van der Waals surface area contributed by atoms with Crippen LogP contribution in [0.5, 0.6) is 11.5 Å². The summed E-state index contributed by atoms with van der Waals surface area (Å²) in [5.41, 5.74) is -0.201. The Bertz CT molecular complexity index is 1550. The summed E-state index contributed by atoms with van der Waals surface area (Å²) < 4.78 is 21.2. The van der Waals surface area contributed by atoms with Gasteiger partial charge in [0, 0.05) is 0 Å². The van der Waals surface area contributed by atoms with Crippen LogP contribution >= 0.6 is 69.6 Å². The summed E-state index contributed by atoms with van der Waals surface area (Å²) in [6.07, 6.45) is 4.94. The van der Waals surface area contributed by atoms with Crippen LogP contribution in [-0.4, -0.2) is 37.1 Å². The van der Waals surface area contributed by atoms with Crippen LogP contribution in [0.25, 0.3) is 0 Å². The Labute approximate surface area is 309 Å². The van der Waals surface area contributed by atoms with Crippen LogP contribution in [0.15, 0.2) is 12.1 Å². The predicted octanol–water partition coefficient (Wildman–Crippen LogP) is 10.9. The first-order chi connectivity index (χ1) is 22.1. The van der Waals surface area contributed by atoms with Crippen molar-refractivity contribution in [1.29, 1.82) is 0 Å². The molecule has 2 fully saturated rings. The maximum absolute atomic E-state index is 13.1. The van der Waals surface area contributed by atoms with Gasteiger partial charge in [-0.25, -0.2) is 19.2 Å². The van der Waals surface area contributed by atoms with Crippen LogP contribution in [0, 0.1) is 21.7 Å². The van der Waals surface area contributed by atoms with Gasteiger partial charge in [-0.3, -0.25) is 0 Å². The molecule has 8 nitrogen and oxygen atoms in total. The molecule has 2 aromatic carbocycles. The number of halogens is 6. The lowest BCUT2D eigenvalue weighted by Crippen LogP contribution is -2.27. The van der Waals surface area contributed by atoms with Gasteiger partial charge in [-0.1, -0.05) is 111 Å². The summed E-state index contributed by atoms with van der Waals surface area (Å²) in [5, 5.41) is -1.49. The first-order valence-electron chi connectivity index (χ1n) is 15.3. The second-order valence-corrected chi connectivity index (χ2v) is 16.6. The standard InChI is InChI=1S/C34H36Cl6O8/c1-31(2)15-33(31,5)9-7-11-45-27(41)21-23(39)17(35)13-19(37)25(21)47-29(43)30(44)48-26-20(38)14-18(36)24(40)22(26)28(42)46-12-8-10-34(6)16-32(34,3)4/h13-14H,7-12,15-16H2,1-6H3. The molecule has 0 aromatic heterocycles. The van der Waals surface area contributed by atoms with E-state index in [9.17, 15) is 19.2 Å². The Balaban J connectivity index is 1.46. The highest BCUT2D eigenvalue weighted by atomic mass is 35.5. The maximum atomic E-state index is 13.1. The van der Waals surface area contributed by atoms with Gasteiger partial charge < -0.3 is 18.9 Å². The highest BCUT2D eigenvalue weighted by molar-refractivity contribution is 6.47. The Morgan fingerprint density at radius 1 is 0.583 bits per heavy atom. The Kier molecular flexibility index (Phi) is 11.6. The van der Waals surface area contributed by atoms with Gasteiger partial charge in [0.1, 0.15) is 11.1 Å². The molecule has 0 spiro atoms. The molecule has 2 aliphatic carbocycles. The number of benzene rings is 2. The molecule has 2 unspecified atom stereocenters. The minimum Gasteiger partial charge on any atom is -0.462 e. The number of hydrogen-bond donors (Lipinski definition) is 0. The van der Waals surface area contributed by atoms with Crippen molar-refractivity contribution < 1.29 is 38.1 Å². The Morgan fingerprint density at radius 2 is 0.896 bits per heavy atom. The second-order valence-electron chi connectivity index (χ2n) is 14.2. The van der Waals surface area contributed by atoms with E-state index in [4.69, 9.17) is 88.6 Å². The summed E-state index contributed by atoms with van der Waals surface area (Å²) in [7, 11) is 0. The third kappa shape index (κ3) is 8.16. The minimum atomic E-state index is -1.64. The number of esters is 4. The van der Waals surface area contributed by atoms with Gasteiger partial charge >= 0.3 is 23.9 Å². The zero-order valence-corrected chi connectivity index (χ0v) is 31.9. The van der Waals surface area contributed by atoms with Crippen molar-refractivity contribution >= 4 is 93.5 Å². The monoisotopic (exact) mass is 782 g/mol. The number of ether oxygens (including phenoxy) is 4. The molecule has 0 aliphatic heterocycles. The second kappa shape index (κ2) is 14.4. The lowest BCUT2D eigenvalue weighted by Gasteiger charge is -2.17. The molecule has 0 N–H and O–H groups in total. The Hall–Kier alpha value is -1.94. The van der Waals surface area contributed by atoms with Gasteiger partial charge in [0.25, 0.3) is 0 Å². The van der Waals surface area contributed by atoms with Crippen molar-refractivity contribution in [3.8, 4) is 11.5 Å². The summed E-state index contributed by atoms with van der Waals surface area (Å²) in [4.78, 5) is 52.2. The highest BCUT2D eigenvalue weighted by Crippen LogP contribution is 2.66. The molecule has 0 amide bonds. The van der Waals surface area contributed by atoms with Gasteiger partial charge in [-0.2, -0.15) is 0 Å². The van der Waals surface area contributed by atoms with Crippen molar-refractivity contribution in [3.05, 3.63) is 53.4 Å². The van der Waals surface area contributed by atoms with Crippen molar-refractivity contribution in [2.24, 2.45) is 21.7 Å². The summed E-state index contributed by atoms with van der Waals surface area (Å²) in [6, 6.07) is 2.25. The van der Waals surface area contributed by atoms with Gasteiger partial charge in [-0.15, -0.1) is 0 Å². The molecular formula is C34H36Cl6O8. The molecule has 48 heavy (non-hydrogen) atoms. The molecule has 2 aromatic rings. The summed E-state index contributed by atoms with van der Waals surface area (Å²) in [6.45, 7) is 13.2. The fraction of sp³-hybridized carbons (Fsp3) is 0.529. The zero-order valence-electron chi connectivity index (χ0n) is 27.3. The van der Waals surface area contributed by atoms with E-state index in [1.54, 1.807) is 0 Å². The highest BCUT2D eigenvalue weighted by Gasteiger charge is 2.57. The molecule has 0 saturated heterocycles. The van der Waals surface area contributed by atoms with Crippen LogP contribution in [0.4, 0.5) is 0 Å². The van der Waals surface area contributed by atoms with E-state index in [0.29, 0.717) is 12.8 Å². The normalized spacial score (nSPS) is 21.7. The predicted molar refractivity (Wildman–Crippen MR) is 186 cm³/mol. The lowest BCUT2D eigenvalue weighted by molar-refractivity contribution is -0.156. The number of hydrogen-bond acceptors (Lipinski definition) is 8. The van der Waals surface area contributed by atoms with E-state index in [-0.39, 0.29) is 65.0 Å². The smallest absolute Gasteiger partial charge is 0.423 e. The average Bonchev–Trinajstić information content (AvgIpc) is 3.72. The van der Waals surface area contributed by atoms with Crippen molar-refractivity contribution in [2.75, 3.05) is 13.2 Å². The molecule has 2 saturated carbocycles. The molecule has 4 rings (SSSR count). The number of rotatable bonds is 12. The summed E-state index contributed by atoms with van der Waals surface area (Å²) in [5.74, 6) is -6.40. The number of carbonyl (C=O) groups is 4. The quantitative estimate of drug-likeness (QED) is 0.0689. The van der Waals surface area contributed by atoms with E-state index in [1.807, 2.05) is 0 Å². The van der Waals surface area contributed by atoms with Crippen molar-refractivity contribution in [3.63, 3.8) is 0 Å². The SMILES string of the molecule is CC1(C)CC1(C)CCCOC(=O)c1c(Cl)c(Cl)cc(Cl)c1OC(=O)C(=O)Oc1c(Cl)cc(Cl)c(Cl)c1C(=O)OCCCC1(C)CC1(C)C. The van der Waals surface area contributed by atoms with Crippen LogP contribution < -0.4 is 9.47 Å². The van der Waals surface area contributed by atoms with Crippen molar-refractivity contribution in [1.82, 2.24) is 0 Å². The van der Waals surface area contributed by atoms with Gasteiger partial charge in [0.15, 0.2) is 11.5 Å². The van der Waals surface area contributed by atoms with Gasteiger partial charge in [-0.05, 0) is 72.3 Å². The first kappa shape index (κ1) is 38.9. The van der Waals surface area contributed by atoms with E-state index in [0.717, 1.165) is 37.8 Å². The van der Waals surface area contributed by atoms with Crippen molar-refractivity contribution in [2.45, 2.75) is 80.1 Å². The fourth-order valence-corrected chi connectivity index (χ4v) is 7.54. The molecule has 14 heteroatoms. The molecule has 0 bridgehead atoms. The average molecular weight is 785 g/mol. The largest absolute Gasteiger partial charge is 0.462 e. The third-order valence-corrected chi connectivity index (χ3v) is 12.2. The van der Waals surface area contributed by atoms with Crippen LogP contribution in [0.2, 0.25) is 30.1 Å². The first-order valence-corrected chi connectivity index (χ1v) is 17.5. The van der Waals surface area contributed by atoms with E-state index < -0.39 is 46.5 Å². The molecule has 0 radical (unpaired) electrons. The third-order valence-electron chi connectivity index (χ3n) is 10.1. The minimum absolute atomic E-state index is 0.0480. The van der Waals surface area contributed by atoms with E-state index >= 15 is 0 Å². The van der Waals surface area contributed by atoms with Gasteiger partial charge in [0.05, 0.1) is 43.3 Å². The Morgan fingerprint density at radius 3 is 1.19 bits per heavy atom. The van der Waals surface area contributed by atoms with Crippen LogP contribution in [0.3, 0.4) is 0 Å². The molecule has 2 aliphatic rings. The van der Waals surface area contributed by atoms with Crippen LogP contribution in [-0.2, 0) is 19.1 Å². The molecule has 262 valence electrons. The number of carbonyl (C=O) groups excluding carboxylic acids is 4. The van der Waals surface area contributed by atoms with Gasteiger partial charge in [0.2, 0.25) is 0 Å². The van der Waals surface area contributed by atoms with E-state index in [2.05, 4.69) is 41.5 Å². The summed E-state index contributed by atoms with van der Waals surface area (Å²) >= 11 is 37.4. The lowest BCUT2D eigenvalue weighted by atomic mass is 9.93. The van der Waals surface area contributed by atoms with Crippen LogP contribution in [0.1, 0.15) is 101 Å². The molecular weight excluding hydrogens is 749 g/mol. The maximum Gasteiger partial charge on any atom is 0.423 e.